The van der Waals surface area contributed by atoms with E-state index in [2.05, 4.69) is 21.7 Å². The number of fused-ring (bicyclic) bond motifs is 2. The van der Waals surface area contributed by atoms with Crippen molar-refractivity contribution >= 4 is 38.3 Å². The van der Waals surface area contributed by atoms with Crippen molar-refractivity contribution in [2.45, 2.75) is 56.6 Å². The van der Waals surface area contributed by atoms with Crippen LogP contribution < -0.4 is 4.90 Å². The van der Waals surface area contributed by atoms with Gasteiger partial charge in [-0.1, -0.05) is 0 Å². The summed E-state index contributed by atoms with van der Waals surface area (Å²) in [7, 11) is -3.24. The highest BCUT2D eigenvalue weighted by molar-refractivity contribution is 7.90. The van der Waals surface area contributed by atoms with Gasteiger partial charge in [-0.05, 0) is 75.4 Å². The van der Waals surface area contributed by atoms with E-state index in [0.29, 0.717) is 18.0 Å². The molecule has 5 rings (SSSR count). The van der Waals surface area contributed by atoms with Gasteiger partial charge in [0, 0.05) is 55.4 Å². The number of rotatable bonds is 4. The first-order chi connectivity index (χ1) is 16.7. The molecule has 1 aromatic carbocycles. The second kappa shape index (κ2) is 9.18. The summed E-state index contributed by atoms with van der Waals surface area (Å²) in [5, 5.41) is 1.08. The third kappa shape index (κ3) is 4.61. The van der Waals surface area contributed by atoms with Crippen molar-refractivity contribution < 1.29 is 17.9 Å². The minimum absolute atomic E-state index is 0.117. The van der Waals surface area contributed by atoms with Crippen molar-refractivity contribution in [3.05, 3.63) is 48.3 Å². The van der Waals surface area contributed by atoms with Crippen LogP contribution in [-0.4, -0.2) is 61.0 Å². The standard InChI is InChI=1S/C26H32N4O4S/c1-18(2)34-26(31)28-14-9-20(10-15-28)29-16-11-22-24(8-12-27-25(22)29)30-13-4-5-19-17-21(35(3,32)33)6-7-23(19)30/h6-8,11-12,16-18,20H,4-5,9-10,13-15H2,1-3H3. The molecule has 186 valence electrons. The molecule has 0 radical (unpaired) electrons. The van der Waals surface area contributed by atoms with Crippen LogP contribution in [0.25, 0.3) is 11.0 Å². The third-order valence-corrected chi connectivity index (χ3v) is 8.04. The second-order valence-corrected chi connectivity index (χ2v) is 11.8. The van der Waals surface area contributed by atoms with E-state index < -0.39 is 9.84 Å². The summed E-state index contributed by atoms with van der Waals surface area (Å²) in [6, 6.07) is 9.88. The zero-order valence-electron chi connectivity index (χ0n) is 20.5. The maximum Gasteiger partial charge on any atom is 0.410 e. The molecule has 9 heteroatoms. The number of benzene rings is 1. The van der Waals surface area contributed by atoms with Gasteiger partial charge in [0.1, 0.15) is 5.65 Å². The summed E-state index contributed by atoms with van der Waals surface area (Å²) < 4.78 is 31.7. The number of hydrogen-bond acceptors (Lipinski definition) is 6. The summed E-state index contributed by atoms with van der Waals surface area (Å²) in [6.07, 6.45) is 8.37. The number of aromatic nitrogens is 2. The molecule has 0 saturated carbocycles. The lowest BCUT2D eigenvalue weighted by Crippen LogP contribution is -2.40. The molecular formula is C26H32N4O4S. The van der Waals surface area contributed by atoms with Crippen molar-refractivity contribution in [2.75, 3.05) is 30.8 Å². The predicted octanol–water partition coefficient (Wildman–Crippen LogP) is 4.71. The Bertz CT molecular complexity index is 1360. The van der Waals surface area contributed by atoms with E-state index >= 15 is 0 Å². The lowest BCUT2D eigenvalue weighted by atomic mass is 10.0. The van der Waals surface area contributed by atoms with Crippen LogP contribution in [-0.2, 0) is 21.0 Å². The summed E-state index contributed by atoms with van der Waals surface area (Å²) >= 11 is 0. The Morgan fingerprint density at radius 1 is 1.09 bits per heavy atom. The van der Waals surface area contributed by atoms with E-state index in [4.69, 9.17) is 9.72 Å². The Hall–Kier alpha value is -3.07. The molecule has 8 nitrogen and oxygen atoms in total. The number of piperidine rings is 1. The molecule has 0 aliphatic carbocycles. The first kappa shape index (κ1) is 23.7. The van der Waals surface area contributed by atoms with Crippen LogP contribution in [0.2, 0.25) is 0 Å². The van der Waals surface area contributed by atoms with E-state index in [1.165, 1.54) is 6.26 Å². The van der Waals surface area contributed by atoms with E-state index in [0.717, 1.165) is 60.2 Å². The van der Waals surface area contributed by atoms with Gasteiger partial charge < -0.3 is 19.1 Å². The van der Waals surface area contributed by atoms with Crippen LogP contribution in [0.4, 0.5) is 16.2 Å². The number of amides is 1. The van der Waals surface area contributed by atoms with Gasteiger partial charge in [-0.2, -0.15) is 0 Å². The zero-order valence-corrected chi connectivity index (χ0v) is 21.3. The number of anilines is 2. The summed E-state index contributed by atoms with van der Waals surface area (Å²) in [5.74, 6) is 0. The van der Waals surface area contributed by atoms with Gasteiger partial charge in [0.05, 0.1) is 16.7 Å². The fraction of sp³-hybridized carbons (Fsp3) is 0.462. The zero-order chi connectivity index (χ0) is 24.7. The fourth-order valence-corrected chi connectivity index (χ4v) is 5.90. The molecule has 1 saturated heterocycles. The molecule has 0 atom stereocenters. The average Bonchev–Trinajstić information content (AvgIpc) is 3.27. The van der Waals surface area contributed by atoms with E-state index in [9.17, 15) is 13.2 Å². The maximum absolute atomic E-state index is 12.3. The minimum Gasteiger partial charge on any atom is -0.447 e. The summed E-state index contributed by atoms with van der Waals surface area (Å²) in [5.41, 5.74) is 4.13. The van der Waals surface area contributed by atoms with Gasteiger partial charge >= 0.3 is 6.09 Å². The molecule has 0 unspecified atom stereocenters. The number of pyridine rings is 1. The summed E-state index contributed by atoms with van der Waals surface area (Å²) in [4.78, 5) is 21.4. The molecule has 3 aromatic rings. The Morgan fingerprint density at radius 3 is 2.57 bits per heavy atom. The molecule has 2 aliphatic rings. The number of carbonyl (C=O) groups is 1. The van der Waals surface area contributed by atoms with E-state index in [1.807, 2.05) is 38.2 Å². The highest BCUT2D eigenvalue weighted by Crippen LogP contribution is 2.39. The SMILES string of the molecule is CC(C)OC(=O)N1CCC(n2ccc3c(N4CCCc5cc(S(C)(=O)=O)ccc54)ccnc32)CC1. The highest BCUT2D eigenvalue weighted by atomic mass is 32.2. The number of likely N-dealkylation sites (tertiary alicyclic amines) is 1. The number of aryl methyl sites for hydroxylation is 1. The van der Waals surface area contributed by atoms with Gasteiger partial charge in [0.2, 0.25) is 0 Å². The van der Waals surface area contributed by atoms with Crippen molar-refractivity contribution in [1.82, 2.24) is 14.5 Å². The Kier molecular flexibility index (Phi) is 6.21. The van der Waals surface area contributed by atoms with E-state index in [1.54, 1.807) is 11.0 Å². The first-order valence-corrected chi connectivity index (χ1v) is 14.1. The fourth-order valence-electron chi connectivity index (χ4n) is 5.23. The predicted molar refractivity (Wildman–Crippen MR) is 136 cm³/mol. The van der Waals surface area contributed by atoms with Crippen LogP contribution in [0, 0.1) is 0 Å². The van der Waals surface area contributed by atoms with Gasteiger partial charge in [-0.25, -0.2) is 18.2 Å². The molecule has 0 bridgehead atoms. The molecule has 2 aliphatic heterocycles. The monoisotopic (exact) mass is 496 g/mol. The number of nitrogens with zero attached hydrogens (tertiary/aromatic N) is 4. The lowest BCUT2D eigenvalue weighted by Gasteiger charge is -2.33. The number of sulfone groups is 1. The molecule has 1 fully saturated rings. The van der Waals surface area contributed by atoms with Crippen molar-refractivity contribution in [3.63, 3.8) is 0 Å². The molecular weight excluding hydrogens is 464 g/mol. The Labute approximate surface area is 206 Å². The Balaban J connectivity index is 1.42. The highest BCUT2D eigenvalue weighted by Gasteiger charge is 2.27. The normalized spacial score (nSPS) is 17.1. The molecule has 4 heterocycles. The van der Waals surface area contributed by atoms with Gasteiger partial charge in [-0.15, -0.1) is 0 Å². The van der Waals surface area contributed by atoms with E-state index in [-0.39, 0.29) is 18.2 Å². The van der Waals surface area contributed by atoms with Crippen LogP contribution in [0.5, 0.6) is 0 Å². The van der Waals surface area contributed by atoms with Gasteiger partial charge in [0.15, 0.2) is 9.84 Å². The largest absolute Gasteiger partial charge is 0.447 e. The van der Waals surface area contributed by atoms with Gasteiger partial charge in [-0.3, -0.25) is 0 Å². The molecule has 2 aromatic heterocycles. The van der Waals surface area contributed by atoms with Crippen LogP contribution in [0.15, 0.2) is 47.6 Å². The maximum atomic E-state index is 12.3. The molecule has 35 heavy (non-hydrogen) atoms. The molecule has 0 spiro atoms. The number of hydrogen-bond donors (Lipinski definition) is 0. The van der Waals surface area contributed by atoms with Crippen molar-refractivity contribution in [3.8, 4) is 0 Å². The molecule has 0 N–H and O–H groups in total. The Morgan fingerprint density at radius 2 is 1.86 bits per heavy atom. The summed E-state index contributed by atoms with van der Waals surface area (Å²) in [6.45, 7) is 5.93. The minimum atomic E-state index is -3.24. The first-order valence-electron chi connectivity index (χ1n) is 12.2. The van der Waals surface area contributed by atoms with Crippen molar-refractivity contribution in [2.24, 2.45) is 0 Å². The number of ether oxygens (including phenoxy) is 1. The third-order valence-electron chi connectivity index (χ3n) is 6.93. The second-order valence-electron chi connectivity index (χ2n) is 9.76. The van der Waals surface area contributed by atoms with Gasteiger partial charge in [0.25, 0.3) is 0 Å². The average molecular weight is 497 g/mol. The van der Waals surface area contributed by atoms with Crippen LogP contribution in [0.3, 0.4) is 0 Å². The quantitative estimate of drug-likeness (QED) is 0.520. The van der Waals surface area contributed by atoms with Crippen LogP contribution >= 0.6 is 0 Å². The smallest absolute Gasteiger partial charge is 0.410 e. The topological polar surface area (TPSA) is 84.7 Å². The number of carbonyl (C=O) groups excluding carboxylic acids is 1. The lowest BCUT2D eigenvalue weighted by molar-refractivity contribution is 0.0663. The molecule has 1 amide bonds. The van der Waals surface area contributed by atoms with Crippen molar-refractivity contribution in [1.29, 1.82) is 0 Å². The van der Waals surface area contributed by atoms with Crippen LogP contribution in [0.1, 0.15) is 44.7 Å².